The number of likely N-dealkylation sites (N-methyl/N-ethyl adjacent to an activating group) is 1. The van der Waals surface area contributed by atoms with Crippen LogP contribution in [0.25, 0.3) is 0 Å². The Balaban J connectivity index is 2.07. The van der Waals surface area contributed by atoms with E-state index in [9.17, 15) is 4.79 Å². The molecule has 0 saturated carbocycles. The number of amides is 1. The Kier molecular flexibility index (Phi) is 3.99. The molecule has 1 aromatic carbocycles. The quantitative estimate of drug-likeness (QED) is 0.816. The lowest BCUT2D eigenvalue weighted by molar-refractivity contribution is -0.171. The van der Waals surface area contributed by atoms with Gasteiger partial charge in [0.25, 0.3) is 5.91 Å². The van der Waals surface area contributed by atoms with E-state index >= 15 is 0 Å². The van der Waals surface area contributed by atoms with Crippen molar-refractivity contribution in [2.75, 3.05) is 14.2 Å². The fourth-order valence-corrected chi connectivity index (χ4v) is 2.53. The second-order valence-electron chi connectivity index (χ2n) is 4.82. The Morgan fingerprint density at radius 3 is 2.78 bits per heavy atom. The molecule has 2 atom stereocenters. The summed E-state index contributed by atoms with van der Waals surface area (Å²) in [4.78, 5) is 16.9. The zero-order valence-electron chi connectivity index (χ0n) is 10.9. The Bertz CT molecular complexity index is 434. The van der Waals surface area contributed by atoms with Crippen LogP contribution < -0.4 is 5.73 Å². The molecule has 0 bridgehead atoms. The van der Waals surface area contributed by atoms with Gasteiger partial charge in [-0.25, -0.2) is 5.06 Å². The van der Waals surface area contributed by atoms with Crippen molar-refractivity contribution in [1.82, 2.24) is 5.06 Å². The summed E-state index contributed by atoms with van der Waals surface area (Å²) in [6.45, 7) is 0. The van der Waals surface area contributed by atoms with E-state index in [1.807, 2.05) is 6.07 Å². The number of carbonyl (C=O) groups excluding carboxylic acids is 1. The van der Waals surface area contributed by atoms with Crippen molar-refractivity contribution < 1.29 is 9.63 Å². The van der Waals surface area contributed by atoms with Crippen molar-refractivity contribution in [2.24, 2.45) is 11.7 Å². The molecule has 18 heavy (non-hydrogen) atoms. The summed E-state index contributed by atoms with van der Waals surface area (Å²) in [7, 11) is 3.07. The highest BCUT2D eigenvalue weighted by Crippen LogP contribution is 2.27. The molecule has 0 radical (unpaired) electrons. The average molecular weight is 248 g/mol. The maximum Gasteiger partial charge on any atom is 0.263 e. The van der Waals surface area contributed by atoms with E-state index in [0.717, 1.165) is 19.3 Å². The van der Waals surface area contributed by atoms with E-state index in [1.165, 1.54) is 23.3 Å². The van der Waals surface area contributed by atoms with Gasteiger partial charge < -0.3 is 5.73 Å². The first-order valence-electron chi connectivity index (χ1n) is 6.27. The number of benzene rings is 1. The maximum atomic E-state index is 12.0. The molecule has 4 nitrogen and oxygen atoms in total. The van der Waals surface area contributed by atoms with Crippen LogP contribution in [0, 0.1) is 5.92 Å². The molecule has 1 aliphatic carbocycles. The van der Waals surface area contributed by atoms with E-state index in [1.54, 1.807) is 7.05 Å². The number of rotatable bonds is 3. The lowest BCUT2D eigenvalue weighted by Crippen LogP contribution is -2.47. The van der Waals surface area contributed by atoms with E-state index < -0.39 is 6.04 Å². The highest BCUT2D eigenvalue weighted by molar-refractivity contribution is 5.80. The molecule has 0 spiro atoms. The Labute approximate surface area is 108 Å². The number of aryl methyl sites for hydroxylation is 1. The minimum atomic E-state index is -0.483. The van der Waals surface area contributed by atoms with Crippen molar-refractivity contribution in [1.29, 1.82) is 0 Å². The number of nitrogens with two attached hydrogens (primary N) is 1. The van der Waals surface area contributed by atoms with Crippen LogP contribution in [0.5, 0.6) is 0 Å². The van der Waals surface area contributed by atoms with E-state index in [0.29, 0.717) is 0 Å². The first kappa shape index (κ1) is 13.1. The highest BCUT2D eigenvalue weighted by Gasteiger charge is 2.30. The van der Waals surface area contributed by atoms with Crippen LogP contribution in [-0.2, 0) is 22.5 Å². The lowest BCUT2D eigenvalue weighted by atomic mass is 9.80. The summed E-state index contributed by atoms with van der Waals surface area (Å²) in [5.74, 6) is 0.0480. The van der Waals surface area contributed by atoms with Gasteiger partial charge in [-0.2, -0.15) is 0 Å². The van der Waals surface area contributed by atoms with Crippen LogP contribution in [-0.4, -0.2) is 31.2 Å². The molecule has 0 saturated heterocycles. The zero-order valence-corrected chi connectivity index (χ0v) is 10.9. The van der Waals surface area contributed by atoms with Crippen molar-refractivity contribution in [3.63, 3.8) is 0 Å². The molecule has 0 aromatic heterocycles. The summed E-state index contributed by atoms with van der Waals surface area (Å²) in [6.07, 6.45) is 2.83. The molecule has 4 heteroatoms. The monoisotopic (exact) mass is 248 g/mol. The van der Waals surface area contributed by atoms with Crippen LogP contribution in [0.15, 0.2) is 24.3 Å². The minimum absolute atomic E-state index is 0.151. The first-order chi connectivity index (χ1) is 8.63. The summed E-state index contributed by atoms with van der Waals surface area (Å²) < 4.78 is 0. The molecule has 0 heterocycles. The number of hydrogen-bond acceptors (Lipinski definition) is 3. The zero-order chi connectivity index (χ0) is 13.1. The lowest BCUT2D eigenvalue weighted by Gasteiger charge is -2.30. The van der Waals surface area contributed by atoms with Gasteiger partial charge in [-0.1, -0.05) is 24.3 Å². The van der Waals surface area contributed by atoms with Crippen LogP contribution >= 0.6 is 0 Å². The Morgan fingerprint density at radius 1 is 1.44 bits per heavy atom. The van der Waals surface area contributed by atoms with Gasteiger partial charge in [-0.3, -0.25) is 9.63 Å². The molecule has 98 valence electrons. The first-order valence-corrected chi connectivity index (χ1v) is 6.27. The topological polar surface area (TPSA) is 55.6 Å². The predicted molar refractivity (Wildman–Crippen MR) is 69.7 cm³/mol. The number of hydrogen-bond donors (Lipinski definition) is 1. The highest BCUT2D eigenvalue weighted by atomic mass is 16.7. The van der Waals surface area contributed by atoms with Gasteiger partial charge in [-0.05, 0) is 36.3 Å². The number of nitrogens with zero attached hydrogens (tertiary/aromatic N) is 1. The van der Waals surface area contributed by atoms with Crippen molar-refractivity contribution >= 4 is 5.91 Å². The Hall–Kier alpha value is -1.39. The Morgan fingerprint density at radius 2 is 2.11 bits per heavy atom. The van der Waals surface area contributed by atoms with E-state index in [-0.39, 0.29) is 11.8 Å². The van der Waals surface area contributed by atoms with Gasteiger partial charge in [0.15, 0.2) is 0 Å². The van der Waals surface area contributed by atoms with Gasteiger partial charge >= 0.3 is 0 Å². The fourth-order valence-electron chi connectivity index (χ4n) is 2.53. The van der Waals surface area contributed by atoms with Gasteiger partial charge in [0.2, 0.25) is 0 Å². The maximum absolute atomic E-state index is 12.0. The molecule has 1 aliphatic rings. The molecular weight excluding hydrogens is 228 g/mol. The van der Waals surface area contributed by atoms with Gasteiger partial charge in [0, 0.05) is 7.05 Å². The third-order valence-electron chi connectivity index (χ3n) is 3.76. The second kappa shape index (κ2) is 5.50. The largest absolute Gasteiger partial charge is 0.320 e. The SMILES string of the molecule is CON(C)C(=O)C(N)C1CCc2ccccc2C1. The van der Waals surface area contributed by atoms with Gasteiger partial charge in [0.1, 0.15) is 0 Å². The molecule has 2 unspecified atom stereocenters. The summed E-state index contributed by atoms with van der Waals surface area (Å²) in [5.41, 5.74) is 8.75. The molecule has 0 fully saturated rings. The molecule has 2 N–H and O–H groups in total. The number of hydroxylamine groups is 2. The van der Waals surface area contributed by atoms with Crippen LogP contribution in [0.2, 0.25) is 0 Å². The number of carbonyl (C=O) groups is 1. The summed E-state index contributed by atoms with van der Waals surface area (Å²) in [6, 6.07) is 7.89. The second-order valence-corrected chi connectivity index (χ2v) is 4.82. The van der Waals surface area contributed by atoms with Crippen molar-refractivity contribution in [3.05, 3.63) is 35.4 Å². The molecule has 2 rings (SSSR count). The third kappa shape index (κ3) is 2.54. The van der Waals surface area contributed by atoms with E-state index in [4.69, 9.17) is 10.6 Å². The molecule has 1 aromatic rings. The summed E-state index contributed by atoms with van der Waals surface area (Å²) >= 11 is 0. The molecular formula is C14H20N2O2. The minimum Gasteiger partial charge on any atom is -0.320 e. The van der Waals surface area contributed by atoms with Crippen LogP contribution in [0.4, 0.5) is 0 Å². The van der Waals surface area contributed by atoms with Gasteiger partial charge in [-0.15, -0.1) is 0 Å². The average Bonchev–Trinajstić information content (AvgIpc) is 2.44. The van der Waals surface area contributed by atoms with Gasteiger partial charge in [0.05, 0.1) is 13.2 Å². The molecule has 0 aliphatic heterocycles. The van der Waals surface area contributed by atoms with Crippen LogP contribution in [0.3, 0.4) is 0 Å². The third-order valence-corrected chi connectivity index (χ3v) is 3.76. The normalized spacial score (nSPS) is 20.1. The summed E-state index contributed by atoms with van der Waals surface area (Å²) in [5, 5.41) is 1.21. The predicted octanol–water partition coefficient (Wildman–Crippen LogP) is 1.14. The van der Waals surface area contributed by atoms with Crippen molar-refractivity contribution in [3.8, 4) is 0 Å². The van der Waals surface area contributed by atoms with Crippen molar-refractivity contribution in [2.45, 2.75) is 25.3 Å². The number of fused-ring (bicyclic) bond motifs is 1. The fraction of sp³-hybridized carbons (Fsp3) is 0.500. The molecule has 1 amide bonds. The van der Waals surface area contributed by atoms with Crippen LogP contribution in [0.1, 0.15) is 17.5 Å². The standard InChI is InChI=1S/C14H20N2O2/c1-16(18-2)14(17)13(15)12-8-7-10-5-3-4-6-11(10)9-12/h3-6,12-13H,7-9,15H2,1-2H3. The van der Waals surface area contributed by atoms with E-state index in [2.05, 4.69) is 18.2 Å². The smallest absolute Gasteiger partial charge is 0.263 e.